The maximum absolute atomic E-state index is 13.2. The Labute approximate surface area is 167 Å². The number of hydrogen-bond donors (Lipinski definition) is 0. The van der Waals surface area contributed by atoms with E-state index in [2.05, 4.69) is 5.10 Å². The number of hydrogen-bond acceptors (Lipinski definition) is 5. The number of para-hydroxylation sites is 1. The minimum Gasteiger partial charge on any atom is -0.306 e. The van der Waals surface area contributed by atoms with Crippen LogP contribution in [0, 0.1) is 0 Å². The minimum atomic E-state index is -3.05. The van der Waals surface area contributed by atoms with E-state index in [-0.39, 0.29) is 23.5 Å². The van der Waals surface area contributed by atoms with Crippen LogP contribution in [-0.4, -0.2) is 42.2 Å². The quantitative estimate of drug-likeness (QED) is 0.661. The van der Waals surface area contributed by atoms with Gasteiger partial charge in [-0.05, 0) is 42.0 Å². The number of thiophene rings is 1. The number of anilines is 1. The molecule has 3 aromatic rings. The van der Waals surface area contributed by atoms with E-state index in [1.165, 1.54) is 0 Å². The van der Waals surface area contributed by atoms with Crippen molar-refractivity contribution < 1.29 is 13.2 Å². The van der Waals surface area contributed by atoms with E-state index >= 15 is 0 Å². The molecule has 4 heterocycles. The maximum Gasteiger partial charge on any atom is 0.278 e. The SMILES string of the molecule is O=C(c1cc(-c2cccs2)n([C@@H]2CCS(=O)(=O)C2)n1)N1CCc2ccccc21. The van der Waals surface area contributed by atoms with Gasteiger partial charge < -0.3 is 4.90 Å². The van der Waals surface area contributed by atoms with Crippen molar-refractivity contribution in [1.82, 2.24) is 9.78 Å². The monoisotopic (exact) mass is 413 g/mol. The summed E-state index contributed by atoms with van der Waals surface area (Å²) in [6, 6.07) is 13.4. The molecule has 0 N–H and O–H groups in total. The van der Waals surface area contributed by atoms with E-state index in [0.717, 1.165) is 28.2 Å². The number of aromatic nitrogens is 2. The Morgan fingerprint density at radius 2 is 2.04 bits per heavy atom. The molecule has 2 aliphatic rings. The van der Waals surface area contributed by atoms with Gasteiger partial charge in [-0.25, -0.2) is 8.42 Å². The third kappa shape index (κ3) is 2.97. The molecule has 6 nitrogen and oxygen atoms in total. The molecule has 8 heteroatoms. The number of carbonyl (C=O) groups is 1. The highest BCUT2D eigenvalue weighted by Crippen LogP contribution is 2.34. The highest BCUT2D eigenvalue weighted by Gasteiger charge is 2.33. The highest BCUT2D eigenvalue weighted by molar-refractivity contribution is 7.91. The molecule has 0 bridgehead atoms. The molecule has 2 aliphatic heterocycles. The third-order valence-corrected chi connectivity index (χ3v) is 8.06. The van der Waals surface area contributed by atoms with Gasteiger partial charge in [-0.15, -0.1) is 11.3 Å². The Morgan fingerprint density at radius 3 is 2.79 bits per heavy atom. The van der Waals surface area contributed by atoms with Gasteiger partial charge in [0.1, 0.15) is 0 Å². The van der Waals surface area contributed by atoms with Gasteiger partial charge in [-0.1, -0.05) is 24.3 Å². The van der Waals surface area contributed by atoms with Crippen LogP contribution in [0.25, 0.3) is 10.6 Å². The summed E-state index contributed by atoms with van der Waals surface area (Å²) in [4.78, 5) is 16.0. The fourth-order valence-corrected chi connectivity index (χ4v) is 6.47. The van der Waals surface area contributed by atoms with Crippen LogP contribution in [0.4, 0.5) is 5.69 Å². The molecule has 1 fully saturated rings. The number of rotatable bonds is 3. The molecule has 1 atom stereocenters. The summed E-state index contributed by atoms with van der Waals surface area (Å²) in [5, 5.41) is 6.57. The second kappa shape index (κ2) is 6.56. The molecule has 0 spiro atoms. The molecule has 28 heavy (non-hydrogen) atoms. The number of amides is 1. The van der Waals surface area contributed by atoms with Crippen molar-refractivity contribution in [2.75, 3.05) is 23.0 Å². The van der Waals surface area contributed by atoms with E-state index in [1.54, 1.807) is 27.0 Å². The van der Waals surface area contributed by atoms with Gasteiger partial charge in [-0.2, -0.15) is 5.10 Å². The lowest BCUT2D eigenvalue weighted by Crippen LogP contribution is -2.29. The number of fused-ring (bicyclic) bond motifs is 1. The zero-order valence-corrected chi connectivity index (χ0v) is 16.7. The van der Waals surface area contributed by atoms with Crippen molar-refractivity contribution in [3.05, 3.63) is 59.1 Å². The topological polar surface area (TPSA) is 72.3 Å². The standard InChI is InChI=1S/C20H19N3O3S2/c24-20(22-9-7-14-4-1-2-5-17(14)22)16-12-18(19-6-3-10-27-19)23(21-16)15-8-11-28(25,26)13-15/h1-6,10,12,15H,7-9,11,13H2/t15-/m1/s1. The largest absolute Gasteiger partial charge is 0.306 e. The van der Waals surface area contributed by atoms with Crippen LogP contribution in [0.1, 0.15) is 28.5 Å². The summed E-state index contributed by atoms with van der Waals surface area (Å²) in [6.07, 6.45) is 1.36. The molecule has 0 unspecified atom stereocenters. The summed E-state index contributed by atoms with van der Waals surface area (Å²) in [5.74, 6) is 0.111. The van der Waals surface area contributed by atoms with Crippen LogP contribution < -0.4 is 4.90 Å². The van der Waals surface area contributed by atoms with Crippen LogP contribution in [0.3, 0.4) is 0 Å². The smallest absolute Gasteiger partial charge is 0.278 e. The second-order valence-corrected chi connectivity index (χ2v) is 10.4. The average Bonchev–Trinajstić information content (AvgIpc) is 3.45. The van der Waals surface area contributed by atoms with Crippen molar-refractivity contribution in [1.29, 1.82) is 0 Å². The first-order valence-corrected chi connectivity index (χ1v) is 12.0. The van der Waals surface area contributed by atoms with Gasteiger partial charge in [0.05, 0.1) is 28.1 Å². The summed E-state index contributed by atoms with van der Waals surface area (Å²) in [7, 11) is -3.05. The van der Waals surface area contributed by atoms with Gasteiger partial charge in [-0.3, -0.25) is 9.48 Å². The van der Waals surface area contributed by atoms with E-state index in [0.29, 0.717) is 18.7 Å². The lowest BCUT2D eigenvalue weighted by Gasteiger charge is -2.16. The Morgan fingerprint density at radius 1 is 1.18 bits per heavy atom. The first-order chi connectivity index (χ1) is 13.5. The summed E-state index contributed by atoms with van der Waals surface area (Å²) >= 11 is 1.56. The van der Waals surface area contributed by atoms with Crippen molar-refractivity contribution >= 4 is 32.8 Å². The molecule has 1 amide bonds. The number of sulfone groups is 1. The lowest BCUT2D eigenvalue weighted by molar-refractivity contribution is 0.0983. The number of carbonyl (C=O) groups excluding carboxylic acids is 1. The predicted molar refractivity (Wildman–Crippen MR) is 110 cm³/mol. The molecule has 1 saturated heterocycles. The van der Waals surface area contributed by atoms with Gasteiger partial charge in [0.2, 0.25) is 0 Å². The highest BCUT2D eigenvalue weighted by atomic mass is 32.2. The lowest BCUT2D eigenvalue weighted by atomic mass is 10.2. The third-order valence-electron chi connectivity index (χ3n) is 5.42. The fourth-order valence-electron chi connectivity index (χ4n) is 4.04. The van der Waals surface area contributed by atoms with Crippen molar-refractivity contribution in [3.8, 4) is 10.6 Å². The van der Waals surface area contributed by atoms with Gasteiger partial charge in [0.15, 0.2) is 15.5 Å². The Balaban J connectivity index is 1.54. The van der Waals surface area contributed by atoms with Crippen molar-refractivity contribution in [3.63, 3.8) is 0 Å². The van der Waals surface area contributed by atoms with Gasteiger partial charge >= 0.3 is 0 Å². The van der Waals surface area contributed by atoms with Crippen LogP contribution >= 0.6 is 11.3 Å². The van der Waals surface area contributed by atoms with Gasteiger partial charge in [0.25, 0.3) is 5.91 Å². The minimum absolute atomic E-state index is 0.0766. The maximum atomic E-state index is 13.2. The van der Waals surface area contributed by atoms with E-state index in [9.17, 15) is 13.2 Å². The Kier molecular flexibility index (Phi) is 4.13. The molecule has 144 valence electrons. The van der Waals surface area contributed by atoms with E-state index in [4.69, 9.17) is 0 Å². The zero-order chi connectivity index (χ0) is 19.3. The summed E-state index contributed by atoms with van der Waals surface area (Å²) in [6.45, 7) is 0.636. The van der Waals surface area contributed by atoms with Crippen molar-refractivity contribution in [2.45, 2.75) is 18.9 Å². The molecule has 5 rings (SSSR count). The first kappa shape index (κ1) is 17.6. The Bertz CT molecular complexity index is 1150. The molecular weight excluding hydrogens is 394 g/mol. The molecule has 0 radical (unpaired) electrons. The fraction of sp³-hybridized carbons (Fsp3) is 0.300. The Hall–Kier alpha value is -2.45. The average molecular weight is 414 g/mol. The summed E-state index contributed by atoms with van der Waals surface area (Å²) < 4.78 is 25.7. The van der Waals surface area contributed by atoms with Crippen molar-refractivity contribution in [2.24, 2.45) is 0 Å². The predicted octanol–water partition coefficient (Wildman–Crippen LogP) is 3.17. The van der Waals surface area contributed by atoms with Crippen LogP contribution in [0.15, 0.2) is 47.8 Å². The normalized spacial score (nSPS) is 20.4. The van der Waals surface area contributed by atoms with Gasteiger partial charge in [0, 0.05) is 12.2 Å². The number of benzene rings is 1. The van der Waals surface area contributed by atoms with Crippen LogP contribution in [-0.2, 0) is 16.3 Å². The van der Waals surface area contributed by atoms with Crippen LogP contribution in [0.5, 0.6) is 0 Å². The van der Waals surface area contributed by atoms with E-state index in [1.807, 2.05) is 41.8 Å². The van der Waals surface area contributed by atoms with Crippen LogP contribution in [0.2, 0.25) is 0 Å². The molecule has 0 saturated carbocycles. The molecular formula is C20H19N3O3S2. The first-order valence-electron chi connectivity index (χ1n) is 9.25. The zero-order valence-electron chi connectivity index (χ0n) is 15.1. The molecule has 1 aromatic carbocycles. The molecule has 0 aliphatic carbocycles. The number of nitrogens with zero attached hydrogens (tertiary/aromatic N) is 3. The molecule has 2 aromatic heterocycles. The van der Waals surface area contributed by atoms with E-state index < -0.39 is 9.84 Å². The second-order valence-electron chi connectivity index (χ2n) is 7.23. The summed E-state index contributed by atoms with van der Waals surface area (Å²) in [5.41, 5.74) is 3.27.